The molecule has 4 rings (SSSR count). The topological polar surface area (TPSA) is 4.93 Å². The van der Waals surface area contributed by atoms with Gasteiger partial charge in [0.2, 0.25) is 0 Å². The van der Waals surface area contributed by atoms with Crippen molar-refractivity contribution in [3.8, 4) is 0 Å². The van der Waals surface area contributed by atoms with Crippen molar-refractivity contribution in [2.75, 3.05) is 0 Å². The maximum Gasteiger partial charge on any atom is 0.0228 e. The minimum atomic E-state index is -0.771. The van der Waals surface area contributed by atoms with E-state index in [0.29, 0.717) is 5.66 Å². The summed E-state index contributed by atoms with van der Waals surface area (Å²) >= 11 is 0. The fourth-order valence-corrected chi connectivity index (χ4v) is 10.8. The van der Waals surface area contributed by atoms with E-state index in [1.54, 1.807) is 6.08 Å². The summed E-state index contributed by atoms with van der Waals surface area (Å²) in [6.07, 6.45) is 55.6. The van der Waals surface area contributed by atoms with Crippen molar-refractivity contribution in [1.82, 2.24) is 4.57 Å². The normalized spacial score (nSPS) is 16.5. The Kier molecular flexibility index (Phi) is 16.5. The lowest BCUT2D eigenvalue weighted by Crippen LogP contribution is -2.08. The van der Waals surface area contributed by atoms with E-state index in [9.17, 15) is 0 Å². The zero-order chi connectivity index (χ0) is 35.4. The van der Waals surface area contributed by atoms with Crippen LogP contribution in [0.2, 0.25) is 0 Å². The smallest absolute Gasteiger partial charge is 0.0228 e. The van der Waals surface area contributed by atoms with Crippen LogP contribution < -0.4 is 5.30 Å². The fourth-order valence-electron chi connectivity index (χ4n) is 5.99. The minimum absolute atomic E-state index is 0.348. The Balaban J connectivity index is 1.77. The molecule has 1 aromatic carbocycles. The van der Waals surface area contributed by atoms with Gasteiger partial charge in [0.05, 0.1) is 0 Å². The van der Waals surface area contributed by atoms with Gasteiger partial charge in [0.1, 0.15) is 0 Å². The molecular formula is C47H51NP2. The van der Waals surface area contributed by atoms with Crippen LogP contribution >= 0.6 is 15.8 Å². The second-order valence-corrected chi connectivity index (χ2v) is 16.4. The monoisotopic (exact) mass is 691 g/mol. The summed E-state index contributed by atoms with van der Waals surface area (Å²) in [4.78, 5) is 0. The molecule has 2 atom stereocenters. The quantitative estimate of drug-likeness (QED) is 0.0884. The predicted molar refractivity (Wildman–Crippen MR) is 229 cm³/mol. The van der Waals surface area contributed by atoms with E-state index >= 15 is 0 Å². The highest BCUT2D eigenvalue weighted by molar-refractivity contribution is 7.73. The molecular weight excluding hydrogens is 640 g/mol. The summed E-state index contributed by atoms with van der Waals surface area (Å²) in [6.45, 7) is 16.8. The maximum atomic E-state index is 4.42. The number of benzene rings is 1. The van der Waals surface area contributed by atoms with E-state index in [2.05, 4.69) is 177 Å². The molecule has 3 heteroatoms. The van der Waals surface area contributed by atoms with Crippen LogP contribution in [-0.4, -0.2) is 10.2 Å². The van der Waals surface area contributed by atoms with Crippen molar-refractivity contribution in [3.63, 3.8) is 0 Å². The van der Waals surface area contributed by atoms with Gasteiger partial charge in [-0.15, -0.1) is 6.58 Å². The minimum Gasteiger partial charge on any atom is -0.327 e. The summed E-state index contributed by atoms with van der Waals surface area (Å²) < 4.78 is 2.27. The summed E-state index contributed by atoms with van der Waals surface area (Å²) in [5.74, 6) is 2.31. The van der Waals surface area contributed by atoms with Gasteiger partial charge >= 0.3 is 0 Å². The Morgan fingerprint density at radius 3 is 2.14 bits per heavy atom. The molecule has 0 N–H and O–H groups in total. The summed E-state index contributed by atoms with van der Waals surface area (Å²) in [5.41, 5.74) is 4.22. The van der Waals surface area contributed by atoms with Crippen LogP contribution in [0.25, 0.3) is 12.3 Å². The van der Waals surface area contributed by atoms with Gasteiger partial charge in [-0.1, -0.05) is 171 Å². The molecule has 0 fully saturated rings. The van der Waals surface area contributed by atoms with Gasteiger partial charge in [-0.25, -0.2) is 0 Å². The standard InChI is InChI=1S/C47H51NP2/c1-6-10-12-18-26-36-48-39-41(38-43(9-4)49(37-27-13-11-7-2)44-28-24-19-25-29-44)47(40(48)5)35-34-42(8-3)50(45-30-20-14-15-21-31-45)46-32-22-16-17-23-33-46/h6-30,32,36-39,42H,2-4,31,33-35H2,1,5H3/b10-6-,13-11-,18-12-,36-26+,37-27+,43-38+. The first-order chi connectivity index (χ1) is 24.6. The zero-order valence-electron chi connectivity index (χ0n) is 29.7. The molecule has 1 heterocycles. The largest absolute Gasteiger partial charge is 0.327 e. The molecule has 0 radical (unpaired) electrons. The molecule has 0 spiro atoms. The van der Waals surface area contributed by atoms with Crippen LogP contribution in [0.15, 0.2) is 206 Å². The molecule has 1 nitrogen and oxygen atoms in total. The van der Waals surface area contributed by atoms with E-state index in [4.69, 9.17) is 0 Å². The molecule has 2 unspecified atom stereocenters. The molecule has 0 saturated carbocycles. The molecule has 2 aliphatic carbocycles. The van der Waals surface area contributed by atoms with E-state index in [1.807, 2.05) is 37.3 Å². The lowest BCUT2D eigenvalue weighted by molar-refractivity contribution is 0.839. The zero-order valence-corrected chi connectivity index (χ0v) is 31.5. The van der Waals surface area contributed by atoms with Gasteiger partial charge in [-0.05, 0) is 99.9 Å². The Labute approximate surface area is 304 Å². The number of aromatic nitrogens is 1. The Morgan fingerprint density at radius 1 is 0.820 bits per heavy atom. The van der Waals surface area contributed by atoms with Gasteiger partial charge in [-0.2, -0.15) is 0 Å². The first-order valence-corrected chi connectivity index (χ1v) is 20.2. The molecule has 50 heavy (non-hydrogen) atoms. The number of allylic oxidation sites excluding steroid dienone is 24. The highest BCUT2D eigenvalue weighted by Gasteiger charge is 2.26. The van der Waals surface area contributed by atoms with Gasteiger partial charge < -0.3 is 4.57 Å². The Bertz CT molecular complexity index is 1780. The third-order valence-corrected chi connectivity index (χ3v) is 13.7. The summed E-state index contributed by atoms with van der Waals surface area (Å²) in [6, 6.07) is 10.8. The van der Waals surface area contributed by atoms with Gasteiger partial charge in [-0.3, -0.25) is 0 Å². The van der Waals surface area contributed by atoms with Gasteiger partial charge in [0.15, 0.2) is 0 Å². The van der Waals surface area contributed by atoms with Crippen molar-refractivity contribution in [2.45, 2.75) is 45.2 Å². The van der Waals surface area contributed by atoms with Crippen molar-refractivity contribution < 1.29 is 0 Å². The highest BCUT2D eigenvalue weighted by Crippen LogP contribution is 2.61. The van der Waals surface area contributed by atoms with Crippen molar-refractivity contribution in [2.24, 2.45) is 0 Å². The predicted octanol–water partition coefficient (Wildman–Crippen LogP) is 13.8. The molecule has 0 bridgehead atoms. The molecule has 2 aliphatic rings. The molecule has 0 aliphatic heterocycles. The summed E-state index contributed by atoms with van der Waals surface area (Å²) in [5, 5.41) is 5.53. The number of rotatable bonds is 17. The van der Waals surface area contributed by atoms with Crippen LogP contribution in [0.4, 0.5) is 0 Å². The van der Waals surface area contributed by atoms with Crippen molar-refractivity contribution in [1.29, 1.82) is 0 Å². The first kappa shape index (κ1) is 38.3. The maximum absolute atomic E-state index is 4.42. The van der Waals surface area contributed by atoms with E-state index < -0.39 is 15.8 Å². The second kappa shape index (κ2) is 21.5. The molecule has 0 amide bonds. The van der Waals surface area contributed by atoms with Crippen LogP contribution in [0, 0.1) is 6.92 Å². The Hall–Kier alpha value is -4.54. The molecule has 2 aromatic rings. The molecule has 1 aromatic heterocycles. The van der Waals surface area contributed by atoms with Gasteiger partial charge in [0.25, 0.3) is 0 Å². The fraction of sp³-hybridized carbons (Fsp3) is 0.149. The SMILES string of the molecule is C=C/C=C\C=C\P(/C(C=C)=C/c1cn(/C=C/C=C\C=C/C)c(C)c1CCC(C=C)P(C1=CC=CC=CC1)C1=CC=CC=CC1)c1ccccc1. The average molecular weight is 692 g/mol. The third-order valence-electron chi connectivity index (χ3n) is 8.50. The Morgan fingerprint density at radius 2 is 1.50 bits per heavy atom. The second-order valence-electron chi connectivity index (χ2n) is 11.8. The third kappa shape index (κ3) is 11.2. The van der Waals surface area contributed by atoms with Crippen LogP contribution in [-0.2, 0) is 6.42 Å². The van der Waals surface area contributed by atoms with Gasteiger partial charge in [0, 0.05) is 23.7 Å². The number of hydrogen-bond acceptors (Lipinski definition) is 0. The van der Waals surface area contributed by atoms with Crippen molar-refractivity contribution >= 4 is 33.4 Å². The lowest BCUT2D eigenvalue weighted by atomic mass is 10.0. The number of nitrogens with zero attached hydrogens (tertiary/aromatic N) is 1. The number of hydrogen-bond donors (Lipinski definition) is 0. The van der Waals surface area contributed by atoms with E-state index in [0.717, 1.165) is 25.7 Å². The molecule has 0 saturated heterocycles. The lowest BCUT2D eigenvalue weighted by Gasteiger charge is -2.30. The highest BCUT2D eigenvalue weighted by atomic mass is 31.1. The summed E-state index contributed by atoms with van der Waals surface area (Å²) in [7, 11) is -1.35. The van der Waals surface area contributed by atoms with E-state index in [1.165, 1.54) is 38.1 Å². The van der Waals surface area contributed by atoms with Crippen LogP contribution in [0.1, 0.15) is 43.0 Å². The van der Waals surface area contributed by atoms with Crippen LogP contribution in [0.3, 0.4) is 0 Å². The average Bonchev–Trinajstić information content (AvgIpc) is 3.42. The first-order valence-electron chi connectivity index (χ1n) is 17.4. The molecule has 254 valence electrons. The van der Waals surface area contributed by atoms with E-state index in [-0.39, 0.29) is 0 Å². The van der Waals surface area contributed by atoms with Crippen LogP contribution in [0.5, 0.6) is 0 Å². The van der Waals surface area contributed by atoms with Crippen molar-refractivity contribution in [3.05, 3.63) is 222 Å².